The van der Waals surface area contributed by atoms with Gasteiger partial charge >= 0.3 is 0 Å². The third-order valence-corrected chi connectivity index (χ3v) is 1.58. The number of rotatable bonds is 3. The second kappa shape index (κ2) is 4.28. The van der Waals surface area contributed by atoms with Crippen molar-refractivity contribution in [2.24, 2.45) is 0 Å². The summed E-state index contributed by atoms with van der Waals surface area (Å²) in [5.41, 5.74) is 0. The fourth-order valence-electron chi connectivity index (χ4n) is 0.631. The molecule has 0 aliphatic carbocycles. The number of carbonyl (C=O) groups excluding carboxylic acids is 1. The number of hydrogen-bond donors (Lipinski definition) is 1. The Morgan fingerprint density at radius 3 is 2.50 bits per heavy atom. The summed E-state index contributed by atoms with van der Waals surface area (Å²) in [5, 5.41) is 3.06. The number of amides is 1. The molecule has 1 atom stereocenters. The van der Waals surface area contributed by atoms with Crippen molar-refractivity contribution in [2.75, 3.05) is 20.6 Å². The van der Waals surface area contributed by atoms with Gasteiger partial charge in [-0.2, -0.15) is 0 Å². The van der Waals surface area contributed by atoms with Gasteiger partial charge in [0.15, 0.2) is 0 Å². The van der Waals surface area contributed by atoms with E-state index in [9.17, 15) is 4.79 Å². The lowest BCUT2D eigenvalue weighted by molar-refractivity contribution is -0.127. The molecule has 0 aromatic carbocycles. The van der Waals surface area contributed by atoms with Gasteiger partial charge in [-0.1, -0.05) is 0 Å². The van der Waals surface area contributed by atoms with Crippen LogP contribution in [-0.2, 0) is 4.79 Å². The molecule has 0 saturated carbocycles. The first-order valence-electron chi connectivity index (χ1n) is 3.47. The first-order valence-corrected chi connectivity index (χ1v) is 3.47. The quantitative estimate of drug-likeness (QED) is 0.608. The Hall–Kier alpha value is -0.570. The maximum atomic E-state index is 10.7. The van der Waals surface area contributed by atoms with Crippen molar-refractivity contribution >= 4 is 5.91 Å². The monoisotopic (exact) mass is 144 g/mol. The number of carbonyl (C=O) groups is 1. The largest absolute Gasteiger partial charge is 0.344 e. The molecule has 0 saturated heterocycles. The van der Waals surface area contributed by atoms with E-state index in [1.807, 2.05) is 14.0 Å². The minimum absolute atomic E-state index is 0.113. The van der Waals surface area contributed by atoms with Crippen LogP contribution in [-0.4, -0.2) is 37.5 Å². The molecule has 0 aromatic rings. The highest BCUT2D eigenvalue weighted by atomic mass is 16.2. The molecule has 60 valence electrons. The van der Waals surface area contributed by atoms with E-state index in [1.54, 1.807) is 18.9 Å². The van der Waals surface area contributed by atoms with E-state index in [4.69, 9.17) is 0 Å². The summed E-state index contributed by atoms with van der Waals surface area (Å²) in [7, 11) is 3.69. The topological polar surface area (TPSA) is 32.3 Å². The summed E-state index contributed by atoms with van der Waals surface area (Å²) >= 11 is 0. The van der Waals surface area contributed by atoms with Crippen molar-refractivity contribution in [3.8, 4) is 0 Å². The maximum Gasteiger partial charge on any atom is 0.219 e. The van der Waals surface area contributed by atoms with Gasteiger partial charge in [0.05, 0.1) is 0 Å². The van der Waals surface area contributed by atoms with Gasteiger partial charge in [0.1, 0.15) is 0 Å². The normalized spacial score (nSPS) is 12.8. The molecule has 0 rings (SSSR count). The third kappa shape index (κ3) is 3.45. The molecule has 10 heavy (non-hydrogen) atoms. The van der Waals surface area contributed by atoms with Crippen LogP contribution in [0.5, 0.6) is 0 Å². The van der Waals surface area contributed by atoms with Gasteiger partial charge in [-0.3, -0.25) is 4.79 Å². The first kappa shape index (κ1) is 9.43. The molecule has 0 heterocycles. The van der Waals surface area contributed by atoms with E-state index in [-0.39, 0.29) is 5.91 Å². The molecule has 0 bridgehead atoms. The lowest BCUT2D eigenvalue weighted by Crippen LogP contribution is -2.37. The summed E-state index contributed by atoms with van der Waals surface area (Å²) in [6.07, 6.45) is 0. The average molecular weight is 144 g/mol. The minimum atomic E-state index is 0.113. The number of nitrogens with one attached hydrogen (secondary N) is 1. The maximum absolute atomic E-state index is 10.7. The molecule has 0 radical (unpaired) electrons. The van der Waals surface area contributed by atoms with E-state index >= 15 is 0 Å². The molecule has 1 amide bonds. The molecule has 0 aliphatic heterocycles. The highest BCUT2D eigenvalue weighted by molar-refractivity contribution is 5.72. The van der Waals surface area contributed by atoms with E-state index < -0.39 is 0 Å². The van der Waals surface area contributed by atoms with Gasteiger partial charge in [0, 0.05) is 26.6 Å². The van der Waals surface area contributed by atoms with E-state index in [0.29, 0.717) is 6.04 Å². The molecule has 0 fully saturated rings. The fourth-order valence-corrected chi connectivity index (χ4v) is 0.631. The number of hydrogen-bond acceptors (Lipinski definition) is 2. The second-order valence-electron chi connectivity index (χ2n) is 2.59. The summed E-state index contributed by atoms with van der Waals surface area (Å²) in [6, 6.07) is 0.369. The number of nitrogens with zero attached hydrogens (tertiary/aromatic N) is 1. The zero-order chi connectivity index (χ0) is 8.15. The van der Waals surface area contributed by atoms with Crippen molar-refractivity contribution in [2.45, 2.75) is 19.9 Å². The predicted molar refractivity (Wildman–Crippen MR) is 41.8 cm³/mol. The van der Waals surface area contributed by atoms with Gasteiger partial charge in [0.2, 0.25) is 5.91 Å². The van der Waals surface area contributed by atoms with Crippen LogP contribution in [0.2, 0.25) is 0 Å². The zero-order valence-corrected chi connectivity index (χ0v) is 7.14. The highest BCUT2D eigenvalue weighted by Gasteiger charge is 2.04. The molecule has 3 nitrogen and oxygen atoms in total. The third-order valence-electron chi connectivity index (χ3n) is 1.58. The fraction of sp³-hybridized carbons (Fsp3) is 0.857. The van der Waals surface area contributed by atoms with Crippen molar-refractivity contribution in [3.63, 3.8) is 0 Å². The molecule has 0 unspecified atom stereocenters. The Labute approximate surface area is 62.4 Å². The summed E-state index contributed by atoms with van der Waals surface area (Å²) < 4.78 is 0. The van der Waals surface area contributed by atoms with E-state index in [2.05, 4.69) is 5.32 Å². The van der Waals surface area contributed by atoms with Crippen molar-refractivity contribution in [1.29, 1.82) is 0 Å². The average Bonchev–Trinajstić information content (AvgIpc) is 1.87. The van der Waals surface area contributed by atoms with E-state index in [0.717, 1.165) is 6.54 Å². The standard InChI is InChI=1S/C7H16N2O/c1-6(8-3)5-9(4)7(2)10/h6,8H,5H2,1-4H3/t6-/m0/s1. The summed E-state index contributed by atoms with van der Waals surface area (Å²) in [5.74, 6) is 0.113. The summed E-state index contributed by atoms with van der Waals surface area (Å²) in [4.78, 5) is 12.4. The molecule has 3 heteroatoms. The predicted octanol–water partition coefficient (Wildman–Crippen LogP) is 0.0726. The van der Waals surface area contributed by atoms with E-state index in [1.165, 1.54) is 0 Å². The van der Waals surface area contributed by atoms with Crippen molar-refractivity contribution in [3.05, 3.63) is 0 Å². The van der Waals surface area contributed by atoms with Crippen LogP contribution in [0, 0.1) is 0 Å². The summed E-state index contributed by atoms with van der Waals surface area (Å²) in [6.45, 7) is 4.38. The van der Waals surface area contributed by atoms with Gasteiger partial charge < -0.3 is 10.2 Å². The molecule has 0 aromatic heterocycles. The van der Waals surface area contributed by atoms with Gasteiger partial charge in [0.25, 0.3) is 0 Å². The van der Waals surface area contributed by atoms with Crippen LogP contribution >= 0.6 is 0 Å². The molecular formula is C7H16N2O. The molecule has 0 aliphatic rings. The van der Waals surface area contributed by atoms with Crippen molar-refractivity contribution in [1.82, 2.24) is 10.2 Å². The minimum Gasteiger partial charge on any atom is -0.344 e. The Kier molecular flexibility index (Phi) is 4.03. The molecule has 1 N–H and O–H groups in total. The Morgan fingerprint density at radius 2 is 2.20 bits per heavy atom. The van der Waals surface area contributed by atoms with Crippen LogP contribution in [0.1, 0.15) is 13.8 Å². The molecule has 0 spiro atoms. The van der Waals surface area contributed by atoms with Crippen LogP contribution in [0.15, 0.2) is 0 Å². The number of likely N-dealkylation sites (N-methyl/N-ethyl adjacent to an activating group) is 2. The Bertz CT molecular complexity index is 114. The molecular weight excluding hydrogens is 128 g/mol. The zero-order valence-electron chi connectivity index (χ0n) is 7.14. The Balaban J connectivity index is 3.56. The van der Waals surface area contributed by atoms with Crippen LogP contribution in [0.3, 0.4) is 0 Å². The van der Waals surface area contributed by atoms with Crippen molar-refractivity contribution < 1.29 is 4.79 Å². The van der Waals surface area contributed by atoms with Gasteiger partial charge in [-0.25, -0.2) is 0 Å². The van der Waals surface area contributed by atoms with Crippen LogP contribution in [0.25, 0.3) is 0 Å². The van der Waals surface area contributed by atoms with Crippen LogP contribution in [0.4, 0.5) is 0 Å². The van der Waals surface area contributed by atoms with Gasteiger partial charge in [-0.05, 0) is 14.0 Å². The smallest absolute Gasteiger partial charge is 0.219 e. The Morgan fingerprint density at radius 1 is 1.70 bits per heavy atom. The first-order chi connectivity index (χ1) is 4.57. The van der Waals surface area contributed by atoms with Gasteiger partial charge in [-0.15, -0.1) is 0 Å². The SMILES string of the molecule is CN[C@@H](C)CN(C)C(C)=O. The lowest BCUT2D eigenvalue weighted by atomic mass is 10.3. The second-order valence-corrected chi connectivity index (χ2v) is 2.59. The highest BCUT2D eigenvalue weighted by Crippen LogP contribution is 1.87. The lowest BCUT2D eigenvalue weighted by Gasteiger charge is -2.19. The van der Waals surface area contributed by atoms with Crippen LogP contribution < -0.4 is 5.32 Å².